The number of hydrogen-bond donors (Lipinski definition) is 3. The molecule has 2 aromatic heterocycles. The molecule has 0 saturated carbocycles. The Balaban J connectivity index is 1.55. The lowest BCUT2D eigenvalue weighted by atomic mass is 10.0. The van der Waals surface area contributed by atoms with Gasteiger partial charge in [0.1, 0.15) is 18.4 Å². The number of aromatic nitrogens is 5. The number of aryl methyl sites for hydroxylation is 3. The molecule has 0 radical (unpaired) electrons. The van der Waals surface area contributed by atoms with Gasteiger partial charge in [0.15, 0.2) is 5.82 Å². The molecule has 3 heterocycles. The summed E-state index contributed by atoms with van der Waals surface area (Å²) in [6.07, 6.45) is 2.34. The second-order valence-electron chi connectivity index (χ2n) is 12.7. The van der Waals surface area contributed by atoms with Crippen LogP contribution in [0.2, 0.25) is 0 Å². The Hall–Kier alpha value is -4.55. The molecule has 0 aliphatic carbocycles. The molecule has 1 aliphatic heterocycles. The number of fused-ring (bicyclic) bond motifs is 1. The maximum absolute atomic E-state index is 13.8. The minimum absolute atomic E-state index is 0.0161. The van der Waals surface area contributed by atoms with Gasteiger partial charge in [-0.3, -0.25) is 23.9 Å². The lowest BCUT2D eigenvalue weighted by molar-refractivity contribution is -0.132. The molecule has 0 bridgehead atoms. The molecule has 4 rings (SSSR count). The number of nitrogens with one attached hydrogen (secondary N) is 3. The van der Waals surface area contributed by atoms with Crippen molar-refractivity contribution in [1.29, 1.82) is 0 Å². The van der Waals surface area contributed by atoms with Gasteiger partial charge in [0.2, 0.25) is 23.6 Å². The standard InChI is InChI=1S/C34H49N9O4/c1-22(2)32-33-36-25(5)40-43(33)21-30(45)35-17-11-19-42(31(46)16-15-27-23(3)39-41(6)24(27)4)18-10-14-29(44)37-28(34(47)38-32)20-26-12-8-7-9-13-26/h7-9,12-13,22,28,32H,10-11,14-21H2,1-6H3,(H,35,45)(H,37,44)(H,38,47)/t28-,32+/m1/s1. The molecule has 0 unspecified atom stereocenters. The van der Waals surface area contributed by atoms with Gasteiger partial charge >= 0.3 is 0 Å². The largest absolute Gasteiger partial charge is 0.354 e. The Bertz CT molecular complexity index is 1550. The number of carbonyl (C=O) groups excluding carboxylic acids is 4. The zero-order valence-electron chi connectivity index (χ0n) is 28.5. The zero-order valence-corrected chi connectivity index (χ0v) is 28.5. The van der Waals surface area contributed by atoms with Gasteiger partial charge in [-0.1, -0.05) is 44.2 Å². The Morgan fingerprint density at radius 1 is 0.979 bits per heavy atom. The van der Waals surface area contributed by atoms with E-state index in [0.29, 0.717) is 63.4 Å². The Labute approximate surface area is 276 Å². The highest BCUT2D eigenvalue weighted by atomic mass is 16.2. The maximum Gasteiger partial charge on any atom is 0.243 e. The van der Waals surface area contributed by atoms with Crippen LogP contribution in [0.25, 0.3) is 0 Å². The number of benzene rings is 1. The van der Waals surface area contributed by atoms with Gasteiger partial charge in [-0.2, -0.15) is 10.2 Å². The number of nitrogens with zero attached hydrogens (tertiary/aromatic N) is 6. The van der Waals surface area contributed by atoms with Crippen molar-refractivity contribution in [3.63, 3.8) is 0 Å². The topological polar surface area (TPSA) is 156 Å². The monoisotopic (exact) mass is 647 g/mol. The van der Waals surface area contributed by atoms with Crippen LogP contribution in [0.1, 0.15) is 79.7 Å². The summed E-state index contributed by atoms with van der Waals surface area (Å²) in [6, 6.07) is 8.15. The lowest BCUT2D eigenvalue weighted by Crippen LogP contribution is -2.50. The number of amides is 4. The summed E-state index contributed by atoms with van der Waals surface area (Å²) in [4.78, 5) is 59.9. The molecule has 4 amide bonds. The minimum atomic E-state index is -0.838. The van der Waals surface area contributed by atoms with Crippen LogP contribution in [-0.4, -0.2) is 78.7 Å². The van der Waals surface area contributed by atoms with Crippen LogP contribution in [0, 0.1) is 26.7 Å². The Morgan fingerprint density at radius 2 is 1.70 bits per heavy atom. The third kappa shape index (κ3) is 9.72. The molecule has 1 aliphatic rings. The molecule has 2 atom stereocenters. The van der Waals surface area contributed by atoms with Crippen LogP contribution in [-0.2, 0) is 45.6 Å². The highest BCUT2D eigenvalue weighted by molar-refractivity contribution is 5.88. The van der Waals surface area contributed by atoms with Gasteiger partial charge in [-0.25, -0.2) is 9.67 Å². The van der Waals surface area contributed by atoms with Crippen molar-refractivity contribution in [2.45, 2.75) is 91.8 Å². The molecule has 254 valence electrons. The fourth-order valence-electron chi connectivity index (χ4n) is 5.98. The van der Waals surface area contributed by atoms with Crippen LogP contribution in [0.5, 0.6) is 0 Å². The molecule has 1 aromatic carbocycles. The summed E-state index contributed by atoms with van der Waals surface area (Å²) < 4.78 is 3.35. The second kappa shape index (κ2) is 16.3. The van der Waals surface area contributed by atoms with Crippen molar-refractivity contribution in [1.82, 2.24) is 45.4 Å². The van der Waals surface area contributed by atoms with Crippen LogP contribution < -0.4 is 16.0 Å². The van der Waals surface area contributed by atoms with Gasteiger partial charge in [-0.05, 0) is 57.1 Å². The summed E-state index contributed by atoms with van der Waals surface area (Å²) in [7, 11) is 1.89. The summed E-state index contributed by atoms with van der Waals surface area (Å²) >= 11 is 0. The first kappa shape index (κ1) is 35.3. The van der Waals surface area contributed by atoms with E-state index in [2.05, 4.69) is 31.1 Å². The average Bonchev–Trinajstić information content (AvgIpc) is 3.50. The van der Waals surface area contributed by atoms with Crippen LogP contribution >= 0.6 is 0 Å². The number of carbonyl (C=O) groups is 4. The van der Waals surface area contributed by atoms with E-state index in [4.69, 9.17) is 0 Å². The second-order valence-corrected chi connectivity index (χ2v) is 12.7. The summed E-state index contributed by atoms with van der Waals surface area (Å²) in [6.45, 7) is 10.7. The first-order valence-electron chi connectivity index (χ1n) is 16.5. The van der Waals surface area contributed by atoms with E-state index in [1.165, 1.54) is 4.68 Å². The van der Waals surface area contributed by atoms with E-state index in [1.54, 1.807) is 11.8 Å². The van der Waals surface area contributed by atoms with Gasteiger partial charge in [0.05, 0.1) is 11.7 Å². The molecular weight excluding hydrogens is 598 g/mol. The van der Waals surface area contributed by atoms with Crippen molar-refractivity contribution in [3.05, 3.63) is 64.5 Å². The molecule has 47 heavy (non-hydrogen) atoms. The lowest BCUT2D eigenvalue weighted by Gasteiger charge is -2.26. The first-order chi connectivity index (χ1) is 22.4. The first-order valence-corrected chi connectivity index (χ1v) is 16.5. The van der Waals surface area contributed by atoms with Crippen molar-refractivity contribution in [2.24, 2.45) is 13.0 Å². The van der Waals surface area contributed by atoms with Gasteiger partial charge in [-0.15, -0.1) is 0 Å². The average molecular weight is 648 g/mol. The molecule has 0 saturated heterocycles. The van der Waals surface area contributed by atoms with E-state index in [9.17, 15) is 19.2 Å². The van der Waals surface area contributed by atoms with E-state index in [1.807, 2.05) is 69.8 Å². The molecule has 3 aromatic rings. The molecule has 0 fully saturated rings. The van der Waals surface area contributed by atoms with Crippen molar-refractivity contribution < 1.29 is 19.2 Å². The summed E-state index contributed by atoms with van der Waals surface area (Å²) in [5, 5.41) is 17.9. The van der Waals surface area contributed by atoms with Gasteiger partial charge < -0.3 is 20.9 Å². The predicted molar refractivity (Wildman–Crippen MR) is 177 cm³/mol. The Kier molecular flexibility index (Phi) is 12.3. The normalized spacial score (nSPS) is 19.0. The van der Waals surface area contributed by atoms with Gasteiger partial charge in [0, 0.05) is 51.6 Å². The third-order valence-corrected chi connectivity index (χ3v) is 8.64. The molecular formula is C34H49N9O4. The fourth-order valence-corrected chi connectivity index (χ4v) is 5.98. The van der Waals surface area contributed by atoms with E-state index in [-0.39, 0.29) is 42.5 Å². The van der Waals surface area contributed by atoms with Crippen LogP contribution in [0.3, 0.4) is 0 Å². The summed E-state index contributed by atoms with van der Waals surface area (Å²) in [5.74, 6) is 0.0252. The smallest absolute Gasteiger partial charge is 0.243 e. The summed E-state index contributed by atoms with van der Waals surface area (Å²) in [5.41, 5.74) is 3.92. The Morgan fingerprint density at radius 3 is 2.38 bits per heavy atom. The quantitative estimate of drug-likeness (QED) is 0.371. The fraction of sp³-hybridized carbons (Fsp3) is 0.559. The van der Waals surface area contributed by atoms with Crippen LogP contribution in [0.4, 0.5) is 0 Å². The highest BCUT2D eigenvalue weighted by Gasteiger charge is 2.30. The third-order valence-electron chi connectivity index (χ3n) is 8.64. The van der Waals surface area contributed by atoms with Gasteiger partial charge in [0.25, 0.3) is 0 Å². The number of hydrogen-bond acceptors (Lipinski definition) is 7. The highest BCUT2D eigenvalue weighted by Crippen LogP contribution is 2.21. The van der Waals surface area contributed by atoms with Crippen molar-refractivity contribution in [3.8, 4) is 0 Å². The van der Waals surface area contributed by atoms with E-state index >= 15 is 0 Å². The predicted octanol–water partition coefficient (Wildman–Crippen LogP) is 2.24. The van der Waals surface area contributed by atoms with E-state index < -0.39 is 12.1 Å². The molecule has 13 nitrogen and oxygen atoms in total. The zero-order chi connectivity index (χ0) is 34.1. The molecule has 13 heteroatoms. The number of rotatable bonds is 6. The molecule has 3 N–H and O–H groups in total. The van der Waals surface area contributed by atoms with E-state index in [0.717, 1.165) is 22.5 Å². The SMILES string of the molecule is Cc1nc2n(n1)CC(=O)NCCCN(C(=O)CCc1c(C)nn(C)c1C)CCCC(=O)N[C@H](Cc1ccccc1)C(=O)N[C@H]2C(C)C. The van der Waals surface area contributed by atoms with Crippen molar-refractivity contribution >= 4 is 23.6 Å². The minimum Gasteiger partial charge on any atom is -0.354 e. The van der Waals surface area contributed by atoms with Crippen molar-refractivity contribution in [2.75, 3.05) is 19.6 Å². The van der Waals surface area contributed by atoms with Crippen LogP contribution in [0.15, 0.2) is 30.3 Å². The molecule has 0 spiro atoms. The maximum atomic E-state index is 13.8.